The van der Waals surface area contributed by atoms with E-state index in [1.807, 2.05) is 0 Å². The first-order chi connectivity index (χ1) is 8.63. The standard InChI is InChI=1S/C13H14F2N2O/c1-7-2-3-8(6-16-7)13-17-11-4-9(14)10(15)5-12(11)18-13/h4-5,7-8,16H,2-3,6H2,1H3/t7-,8-/m1/s1. The first-order valence-electron chi connectivity index (χ1n) is 6.12. The van der Waals surface area contributed by atoms with Gasteiger partial charge in [0.05, 0.1) is 0 Å². The van der Waals surface area contributed by atoms with Gasteiger partial charge in [-0.2, -0.15) is 0 Å². The zero-order valence-electron chi connectivity index (χ0n) is 10.0. The lowest BCUT2D eigenvalue weighted by Gasteiger charge is -2.25. The van der Waals surface area contributed by atoms with Crippen molar-refractivity contribution in [3.05, 3.63) is 29.7 Å². The molecule has 18 heavy (non-hydrogen) atoms. The van der Waals surface area contributed by atoms with Crippen LogP contribution >= 0.6 is 0 Å². The van der Waals surface area contributed by atoms with Gasteiger partial charge in [-0.25, -0.2) is 13.8 Å². The molecule has 0 radical (unpaired) electrons. The third kappa shape index (κ3) is 1.99. The maximum absolute atomic E-state index is 13.1. The van der Waals surface area contributed by atoms with Crippen LogP contribution in [0.15, 0.2) is 16.5 Å². The Bertz CT molecular complexity index is 535. The van der Waals surface area contributed by atoms with E-state index in [-0.39, 0.29) is 5.92 Å². The lowest BCUT2D eigenvalue weighted by molar-refractivity contribution is 0.341. The van der Waals surface area contributed by atoms with Crippen molar-refractivity contribution in [1.29, 1.82) is 0 Å². The van der Waals surface area contributed by atoms with Gasteiger partial charge in [-0.3, -0.25) is 0 Å². The number of halogens is 2. The molecule has 1 saturated heterocycles. The van der Waals surface area contributed by atoms with Crippen molar-refractivity contribution in [3.8, 4) is 0 Å². The summed E-state index contributed by atoms with van der Waals surface area (Å²) < 4.78 is 31.7. The number of aromatic nitrogens is 1. The van der Waals surface area contributed by atoms with Crippen molar-refractivity contribution in [2.24, 2.45) is 0 Å². The fourth-order valence-corrected chi connectivity index (χ4v) is 2.33. The third-order valence-electron chi connectivity index (χ3n) is 3.46. The van der Waals surface area contributed by atoms with Gasteiger partial charge in [0, 0.05) is 30.6 Å². The molecule has 0 saturated carbocycles. The van der Waals surface area contributed by atoms with Crippen LogP contribution in [0, 0.1) is 11.6 Å². The van der Waals surface area contributed by atoms with Crippen molar-refractivity contribution >= 4 is 11.1 Å². The van der Waals surface area contributed by atoms with Crippen LogP contribution < -0.4 is 5.32 Å². The number of benzene rings is 1. The van der Waals surface area contributed by atoms with Crippen LogP contribution in [-0.2, 0) is 0 Å². The lowest BCUT2D eigenvalue weighted by atomic mass is 9.95. The predicted octanol–water partition coefficient (Wildman–Crippen LogP) is 2.96. The quantitative estimate of drug-likeness (QED) is 0.848. The molecule has 2 atom stereocenters. The highest BCUT2D eigenvalue weighted by Crippen LogP contribution is 2.28. The highest BCUT2D eigenvalue weighted by molar-refractivity contribution is 5.72. The molecule has 0 spiro atoms. The van der Waals surface area contributed by atoms with Crippen LogP contribution in [0.1, 0.15) is 31.6 Å². The number of piperidine rings is 1. The molecule has 0 bridgehead atoms. The monoisotopic (exact) mass is 252 g/mol. The van der Waals surface area contributed by atoms with Gasteiger partial charge >= 0.3 is 0 Å². The number of fused-ring (bicyclic) bond motifs is 1. The zero-order valence-corrected chi connectivity index (χ0v) is 10.0. The number of hydrogen-bond donors (Lipinski definition) is 1. The average molecular weight is 252 g/mol. The summed E-state index contributed by atoms with van der Waals surface area (Å²) in [7, 11) is 0. The van der Waals surface area contributed by atoms with Crippen LogP contribution in [0.5, 0.6) is 0 Å². The molecule has 1 aromatic heterocycles. The average Bonchev–Trinajstić information content (AvgIpc) is 2.73. The van der Waals surface area contributed by atoms with E-state index in [1.54, 1.807) is 0 Å². The Hall–Kier alpha value is -1.49. The van der Waals surface area contributed by atoms with Crippen molar-refractivity contribution in [2.45, 2.75) is 31.7 Å². The smallest absolute Gasteiger partial charge is 0.199 e. The minimum atomic E-state index is -0.902. The van der Waals surface area contributed by atoms with Crippen LogP contribution in [-0.4, -0.2) is 17.6 Å². The Morgan fingerprint density at radius 2 is 2.06 bits per heavy atom. The van der Waals surface area contributed by atoms with E-state index in [2.05, 4.69) is 17.2 Å². The van der Waals surface area contributed by atoms with Crippen LogP contribution in [0.4, 0.5) is 8.78 Å². The summed E-state index contributed by atoms with van der Waals surface area (Å²) in [4.78, 5) is 4.25. The molecule has 3 rings (SSSR count). The SMILES string of the molecule is C[C@@H]1CC[C@@H](c2nc3cc(F)c(F)cc3o2)CN1. The first kappa shape index (κ1) is 11.6. The topological polar surface area (TPSA) is 38.1 Å². The highest BCUT2D eigenvalue weighted by Gasteiger charge is 2.24. The molecule has 1 fully saturated rings. The van der Waals surface area contributed by atoms with E-state index >= 15 is 0 Å². The third-order valence-corrected chi connectivity index (χ3v) is 3.46. The van der Waals surface area contributed by atoms with E-state index in [1.165, 1.54) is 0 Å². The number of nitrogens with one attached hydrogen (secondary N) is 1. The van der Waals surface area contributed by atoms with Crippen LogP contribution in [0.2, 0.25) is 0 Å². The maximum Gasteiger partial charge on any atom is 0.199 e. The molecule has 1 aliphatic rings. The van der Waals surface area contributed by atoms with Gasteiger partial charge in [0.1, 0.15) is 5.52 Å². The molecule has 2 heterocycles. The van der Waals surface area contributed by atoms with E-state index in [4.69, 9.17) is 4.42 Å². The van der Waals surface area contributed by atoms with Crippen molar-refractivity contribution in [2.75, 3.05) is 6.54 Å². The normalized spacial score (nSPS) is 24.6. The molecule has 2 aromatic rings. The summed E-state index contributed by atoms with van der Waals surface area (Å²) >= 11 is 0. The molecular weight excluding hydrogens is 238 g/mol. The summed E-state index contributed by atoms with van der Waals surface area (Å²) in [6.45, 7) is 2.92. The molecule has 1 aliphatic heterocycles. The summed E-state index contributed by atoms with van der Waals surface area (Å²) in [5.41, 5.74) is 0.685. The summed E-state index contributed by atoms with van der Waals surface area (Å²) in [6, 6.07) is 2.64. The maximum atomic E-state index is 13.1. The summed E-state index contributed by atoms with van der Waals surface area (Å²) in [5, 5.41) is 3.35. The van der Waals surface area contributed by atoms with Gasteiger partial charge in [0.2, 0.25) is 0 Å². The zero-order chi connectivity index (χ0) is 12.7. The first-order valence-corrected chi connectivity index (χ1v) is 6.12. The second-order valence-corrected chi connectivity index (χ2v) is 4.87. The van der Waals surface area contributed by atoms with Gasteiger partial charge in [-0.1, -0.05) is 0 Å². The number of oxazole rings is 1. The van der Waals surface area contributed by atoms with Crippen LogP contribution in [0.25, 0.3) is 11.1 Å². The van der Waals surface area contributed by atoms with Crippen LogP contribution in [0.3, 0.4) is 0 Å². The van der Waals surface area contributed by atoms with E-state index in [0.717, 1.165) is 31.5 Å². The lowest BCUT2D eigenvalue weighted by Crippen LogP contribution is -2.35. The Labute approximate surface area is 103 Å². The molecule has 0 amide bonds. The van der Waals surface area contributed by atoms with Gasteiger partial charge in [-0.15, -0.1) is 0 Å². The highest BCUT2D eigenvalue weighted by atomic mass is 19.2. The Kier molecular flexibility index (Phi) is 2.78. The Balaban J connectivity index is 1.93. The Morgan fingerprint density at radius 1 is 1.28 bits per heavy atom. The Morgan fingerprint density at radius 3 is 2.78 bits per heavy atom. The molecular formula is C13H14F2N2O. The van der Waals surface area contributed by atoms with E-state index < -0.39 is 11.6 Å². The second kappa shape index (κ2) is 4.31. The van der Waals surface area contributed by atoms with E-state index in [0.29, 0.717) is 23.0 Å². The van der Waals surface area contributed by atoms with Crippen molar-refractivity contribution in [1.82, 2.24) is 10.3 Å². The fourth-order valence-electron chi connectivity index (χ4n) is 2.33. The molecule has 96 valence electrons. The molecule has 0 unspecified atom stereocenters. The molecule has 3 nitrogen and oxygen atoms in total. The minimum absolute atomic E-state index is 0.180. The second-order valence-electron chi connectivity index (χ2n) is 4.87. The molecule has 1 aromatic carbocycles. The fraction of sp³-hybridized carbons (Fsp3) is 0.462. The number of rotatable bonds is 1. The van der Waals surface area contributed by atoms with Crippen molar-refractivity contribution < 1.29 is 13.2 Å². The summed E-state index contributed by atoms with van der Waals surface area (Å²) in [5.74, 6) is -1.05. The molecule has 0 aliphatic carbocycles. The molecule has 1 N–H and O–H groups in total. The van der Waals surface area contributed by atoms with Gasteiger partial charge in [-0.05, 0) is 19.8 Å². The minimum Gasteiger partial charge on any atom is -0.440 e. The van der Waals surface area contributed by atoms with Gasteiger partial charge in [0.25, 0.3) is 0 Å². The number of hydrogen-bond acceptors (Lipinski definition) is 3. The van der Waals surface area contributed by atoms with Crippen molar-refractivity contribution in [3.63, 3.8) is 0 Å². The summed E-state index contributed by atoms with van der Waals surface area (Å²) in [6.07, 6.45) is 2.03. The molecule has 5 heteroatoms. The largest absolute Gasteiger partial charge is 0.440 e. The van der Waals surface area contributed by atoms with Gasteiger partial charge in [0.15, 0.2) is 23.1 Å². The van der Waals surface area contributed by atoms with Gasteiger partial charge < -0.3 is 9.73 Å². The predicted molar refractivity (Wildman–Crippen MR) is 63.4 cm³/mol. The number of nitrogens with zero attached hydrogens (tertiary/aromatic N) is 1. The van der Waals surface area contributed by atoms with E-state index in [9.17, 15) is 8.78 Å².